The van der Waals surface area contributed by atoms with E-state index in [1.165, 1.54) is 0 Å². The summed E-state index contributed by atoms with van der Waals surface area (Å²) in [6.45, 7) is -1.34. The van der Waals surface area contributed by atoms with Crippen molar-refractivity contribution in [2.45, 2.75) is 24.4 Å². The van der Waals surface area contributed by atoms with Crippen molar-refractivity contribution in [3.63, 3.8) is 0 Å². The van der Waals surface area contributed by atoms with Crippen LogP contribution in [0.15, 0.2) is 23.0 Å². The number of carbonyl (C=O) groups excluding carboxylic acids is 2. The van der Waals surface area contributed by atoms with Gasteiger partial charge in [-0.05, 0) is 0 Å². The van der Waals surface area contributed by atoms with Gasteiger partial charge < -0.3 is 65.0 Å². The van der Waals surface area contributed by atoms with Gasteiger partial charge in [-0.2, -0.15) is 0 Å². The molecule has 16 nitrogen and oxygen atoms in total. The monoisotopic (exact) mass is 450 g/mol. The topological polar surface area (TPSA) is 292 Å². The fourth-order valence-corrected chi connectivity index (χ4v) is 1.65. The van der Waals surface area contributed by atoms with Crippen molar-refractivity contribution in [3.05, 3.63) is 23.0 Å². The summed E-state index contributed by atoms with van der Waals surface area (Å²) < 4.78 is 17.5. The van der Waals surface area contributed by atoms with Gasteiger partial charge in [-0.25, -0.2) is 14.2 Å². The molecule has 17 heteroatoms. The van der Waals surface area contributed by atoms with Crippen LogP contribution in [0.4, 0.5) is 0 Å². The molecule has 0 amide bonds. The van der Waals surface area contributed by atoms with E-state index in [2.05, 4.69) is 9.47 Å². The predicted molar refractivity (Wildman–Crippen MR) is 84.8 cm³/mol. The summed E-state index contributed by atoms with van der Waals surface area (Å²) in [4.78, 5) is 42.6. The van der Waals surface area contributed by atoms with Crippen LogP contribution in [-0.4, -0.2) is 105 Å². The summed E-state index contributed by atoms with van der Waals surface area (Å²) in [6, 6.07) is 0. The van der Waals surface area contributed by atoms with Gasteiger partial charge in [0.05, 0.1) is 13.2 Å². The molecule has 0 bridgehead atoms. The molecule has 2 aliphatic rings. The highest BCUT2D eigenvalue weighted by Gasteiger charge is 2.39. The molecule has 2 heterocycles. The molecule has 0 saturated carbocycles. The van der Waals surface area contributed by atoms with E-state index in [4.69, 9.17) is 60.1 Å². The van der Waals surface area contributed by atoms with Crippen LogP contribution >= 0.6 is 7.82 Å². The standard InChI is InChI=1S/2C6H8O6.H3O4P/c2*7-1-2(8)5-3(9)4(10)6(11)12-5;1-5(2,3)4/h2*2,5,7-10H,1H2;(H3,1,2,3,4)/t2*2-,5+;/m00./s1. The highest BCUT2D eigenvalue weighted by molar-refractivity contribution is 7.45. The lowest BCUT2D eigenvalue weighted by molar-refractivity contribution is -0.148. The van der Waals surface area contributed by atoms with Crippen molar-refractivity contribution in [2.24, 2.45) is 0 Å². The van der Waals surface area contributed by atoms with Crippen LogP contribution in [0.2, 0.25) is 0 Å². The van der Waals surface area contributed by atoms with E-state index in [1.54, 1.807) is 0 Å². The van der Waals surface area contributed by atoms with Gasteiger partial charge >= 0.3 is 19.8 Å². The Balaban J connectivity index is 0.000000442. The van der Waals surface area contributed by atoms with Gasteiger partial charge in [0.2, 0.25) is 11.5 Å². The molecule has 2 rings (SSSR count). The fraction of sp³-hybridized carbons (Fsp3) is 0.500. The molecule has 0 spiro atoms. The zero-order chi connectivity index (χ0) is 23.1. The van der Waals surface area contributed by atoms with E-state index < -0.39 is 80.4 Å². The number of rotatable bonds is 4. The lowest BCUT2D eigenvalue weighted by Crippen LogP contribution is -2.31. The van der Waals surface area contributed by atoms with Gasteiger partial charge in [0, 0.05) is 0 Å². The minimum atomic E-state index is -4.64. The van der Waals surface area contributed by atoms with E-state index in [-0.39, 0.29) is 0 Å². The Labute approximate surface area is 160 Å². The largest absolute Gasteiger partial charge is 0.505 e. The SMILES string of the molecule is O=C1O[C@H]([C@@H](O)CO)C(O)=C1O.O=C1O[C@H]([C@@H](O)CO)C(O)=C1O.O=P(O)(O)O. The normalized spacial score (nSPS) is 23.4. The molecule has 0 aromatic heterocycles. The first-order valence-electron chi connectivity index (χ1n) is 7.17. The summed E-state index contributed by atoms with van der Waals surface area (Å²) in [6.07, 6.45) is -5.55. The smallest absolute Gasteiger partial charge is 0.466 e. The van der Waals surface area contributed by atoms with Gasteiger partial charge in [-0.3, -0.25) is 0 Å². The molecule has 0 unspecified atom stereocenters. The number of hydrogen-bond acceptors (Lipinski definition) is 13. The molecule has 29 heavy (non-hydrogen) atoms. The number of aliphatic hydroxyl groups excluding tert-OH is 8. The van der Waals surface area contributed by atoms with Gasteiger partial charge in [0.1, 0.15) is 12.2 Å². The Morgan fingerprint density at radius 2 is 1.00 bits per heavy atom. The number of phosphoric acid groups is 1. The van der Waals surface area contributed by atoms with E-state index in [0.717, 1.165) is 0 Å². The minimum absolute atomic E-state index is 0.671. The molecule has 0 saturated heterocycles. The average molecular weight is 450 g/mol. The highest BCUT2D eigenvalue weighted by atomic mass is 31.2. The van der Waals surface area contributed by atoms with E-state index in [9.17, 15) is 9.59 Å². The van der Waals surface area contributed by atoms with Crippen molar-refractivity contribution in [1.29, 1.82) is 0 Å². The number of cyclic esters (lactones) is 2. The Morgan fingerprint density at radius 1 is 0.759 bits per heavy atom. The molecule has 4 atom stereocenters. The van der Waals surface area contributed by atoms with Crippen molar-refractivity contribution < 1.29 is 79.2 Å². The molecule has 0 radical (unpaired) electrons. The number of hydrogen-bond donors (Lipinski definition) is 11. The fourth-order valence-electron chi connectivity index (χ4n) is 1.65. The maximum absolute atomic E-state index is 10.5. The highest BCUT2D eigenvalue weighted by Crippen LogP contribution is 2.26. The van der Waals surface area contributed by atoms with Crippen LogP contribution in [0.25, 0.3) is 0 Å². The van der Waals surface area contributed by atoms with Crippen LogP contribution in [-0.2, 0) is 23.6 Å². The molecular weight excluding hydrogens is 431 g/mol. The van der Waals surface area contributed by atoms with Crippen LogP contribution in [0.3, 0.4) is 0 Å². The van der Waals surface area contributed by atoms with Crippen LogP contribution in [0.5, 0.6) is 0 Å². The van der Waals surface area contributed by atoms with E-state index >= 15 is 0 Å². The third kappa shape index (κ3) is 8.22. The Kier molecular flexibility index (Phi) is 10.0. The van der Waals surface area contributed by atoms with Crippen molar-refractivity contribution in [3.8, 4) is 0 Å². The molecule has 11 N–H and O–H groups in total. The maximum Gasteiger partial charge on any atom is 0.466 e. The first kappa shape index (κ1) is 26.6. The molecule has 0 fully saturated rings. The average Bonchev–Trinajstić information content (AvgIpc) is 3.04. The quantitative estimate of drug-likeness (QED) is 0.145. The second kappa shape index (κ2) is 10.9. The molecule has 2 aliphatic heterocycles. The third-order valence-corrected chi connectivity index (χ3v) is 2.95. The first-order valence-corrected chi connectivity index (χ1v) is 8.74. The summed E-state index contributed by atoms with van der Waals surface area (Å²) >= 11 is 0. The summed E-state index contributed by atoms with van der Waals surface area (Å²) in [5.41, 5.74) is 0. The Bertz CT molecular complexity index is 648. The molecule has 0 aliphatic carbocycles. The molecule has 168 valence electrons. The lowest BCUT2D eigenvalue weighted by Gasteiger charge is -2.13. The van der Waals surface area contributed by atoms with Crippen LogP contribution in [0, 0.1) is 0 Å². The summed E-state index contributed by atoms with van der Waals surface area (Å²) in [5.74, 6) is -5.56. The van der Waals surface area contributed by atoms with E-state index in [0.29, 0.717) is 0 Å². The predicted octanol–water partition coefficient (Wildman–Crippen LogP) is -3.74. The second-order valence-electron chi connectivity index (χ2n) is 5.13. The zero-order valence-electron chi connectivity index (χ0n) is 14.1. The second-order valence-corrected chi connectivity index (χ2v) is 6.16. The van der Waals surface area contributed by atoms with Gasteiger partial charge in [-0.15, -0.1) is 0 Å². The van der Waals surface area contributed by atoms with Crippen molar-refractivity contribution in [2.75, 3.05) is 13.2 Å². The van der Waals surface area contributed by atoms with Crippen LogP contribution < -0.4 is 0 Å². The van der Waals surface area contributed by atoms with Gasteiger partial charge in [0.15, 0.2) is 23.7 Å². The number of esters is 2. The Morgan fingerprint density at radius 3 is 1.14 bits per heavy atom. The number of carbonyl (C=O) groups is 2. The number of aliphatic hydroxyl groups is 8. The maximum atomic E-state index is 10.5. The van der Waals surface area contributed by atoms with Gasteiger partial charge in [-0.1, -0.05) is 0 Å². The van der Waals surface area contributed by atoms with Crippen molar-refractivity contribution in [1.82, 2.24) is 0 Å². The molecular formula is C12H19O16P. The summed E-state index contributed by atoms with van der Waals surface area (Å²) in [7, 11) is -4.64. The van der Waals surface area contributed by atoms with Gasteiger partial charge in [0.25, 0.3) is 0 Å². The third-order valence-electron chi connectivity index (χ3n) is 2.95. The number of ether oxygens (including phenoxy) is 2. The lowest BCUT2D eigenvalue weighted by atomic mass is 10.2. The van der Waals surface area contributed by atoms with Crippen LogP contribution in [0.1, 0.15) is 0 Å². The van der Waals surface area contributed by atoms with Crippen molar-refractivity contribution >= 4 is 19.8 Å². The molecule has 0 aromatic rings. The molecule has 0 aromatic carbocycles. The zero-order valence-corrected chi connectivity index (χ0v) is 15.0. The summed E-state index contributed by atoms with van der Waals surface area (Å²) in [5, 5.41) is 70.1. The minimum Gasteiger partial charge on any atom is -0.505 e. The Hall–Kier alpha value is -2.43. The van der Waals surface area contributed by atoms with E-state index in [1.807, 2.05) is 0 Å². The first-order chi connectivity index (χ1) is 13.1.